The summed E-state index contributed by atoms with van der Waals surface area (Å²) in [6.07, 6.45) is 1.57. The van der Waals surface area contributed by atoms with E-state index < -0.39 is 0 Å². The van der Waals surface area contributed by atoms with Crippen LogP contribution in [0.3, 0.4) is 0 Å². The van der Waals surface area contributed by atoms with Gasteiger partial charge in [-0.1, -0.05) is 0 Å². The summed E-state index contributed by atoms with van der Waals surface area (Å²) in [4.78, 5) is 17.5. The molecule has 0 aromatic carbocycles. The topological polar surface area (TPSA) is 57.0 Å². The fraction of sp³-hybridized carbons (Fsp3) is 0.364. The third-order valence-corrected chi connectivity index (χ3v) is 2.72. The van der Waals surface area contributed by atoms with Gasteiger partial charge in [-0.2, -0.15) is 5.26 Å². The molecular weight excluding hydrogens is 270 g/mol. The molecule has 1 amide bonds. The maximum absolute atomic E-state index is 11.9. The van der Waals surface area contributed by atoms with Crippen LogP contribution in [0.4, 0.5) is 0 Å². The van der Waals surface area contributed by atoms with Crippen LogP contribution in [0.1, 0.15) is 17.4 Å². The van der Waals surface area contributed by atoms with Crippen molar-refractivity contribution < 1.29 is 4.79 Å². The van der Waals surface area contributed by atoms with Gasteiger partial charge >= 0.3 is 0 Å². The van der Waals surface area contributed by atoms with Crippen LogP contribution in [0.2, 0.25) is 0 Å². The quantitative estimate of drug-likeness (QED) is 0.852. The Hall–Kier alpha value is -1.41. The normalized spacial score (nSPS) is 11.6. The van der Waals surface area contributed by atoms with E-state index in [2.05, 4.69) is 27.0 Å². The first kappa shape index (κ1) is 12.7. The van der Waals surface area contributed by atoms with Crippen molar-refractivity contribution in [2.45, 2.75) is 6.92 Å². The first-order chi connectivity index (χ1) is 7.56. The second kappa shape index (κ2) is 5.61. The lowest BCUT2D eigenvalue weighted by atomic mass is 10.2. The zero-order valence-corrected chi connectivity index (χ0v) is 10.7. The minimum absolute atomic E-state index is 0.184. The first-order valence-corrected chi connectivity index (χ1v) is 5.61. The molecule has 0 aliphatic heterocycles. The Morgan fingerprint density at radius 1 is 1.75 bits per heavy atom. The fourth-order valence-electron chi connectivity index (χ4n) is 1.26. The van der Waals surface area contributed by atoms with E-state index in [0.717, 1.165) is 0 Å². The number of rotatable bonds is 3. The van der Waals surface area contributed by atoms with Gasteiger partial charge in [-0.25, -0.2) is 4.98 Å². The number of nitrogens with zero attached hydrogens (tertiary/aromatic N) is 3. The lowest BCUT2D eigenvalue weighted by Gasteiger charge is -2.18. The molecule has 1 rings (SSSR count). The molecule has 1 aromatic heterocycles. The Morgan fingerprint density at radius 2 is 2.44 bits per heavy atom. The van der Waals surface area contributed by atoms with Crippen molar-refractivity contribution in [3.8, 4) is 6.07 Å². The predicted octanol–water partition coefficient (Wildman–Crippen LogP) is 2.08. The molecule has 0 spiro atoms. The van der Waals surface area contributed by atoms with E-state index in [1.807, 2.05) is 0 Å². The minimum Gasteiger partial charge on any atom is -0.339 e. The van der Waals surface area contributed by atoms with E-state index >= 15 is 0 Å². The Morgan fingerprint density at radius 3 is 3.00 bits per heavy atom. The molecule has 0 saturated carbocycles. The van der Waals surface area contributed by atoms with Crippen molar-refractivity contribution in [2.75, 3.05) is 13.6 Å². The zero-order valence-electron chi connectivity index (χ0n) is 9.14. The van der Waals surface area contributed by atoms with Gasteiger partial charge in [0.15, 0.2) is 0 Å². The molecule has 16 heavy (non-hydrogen) atoms. The monoisotopic (exact) mass is 281 g/mol. The van der Waals surface area contributed by atoms with Crippen LogP contribution in [-0.2, 0) is 0 Å². The van der Waals surface area contributed by atoms with Crippen molar-refractivity contribution in [2.24, 2.45) is 5.92 Å². The summed E-state index contributed by atoms with van der Waals surface area (Å²) in [5, 5.41) is 8.68. The number of pyridine rings is 1. The van der Waals surface area contributed by atoms with Crippen molar-refractivity contribution in [3.05, 3.63) is 28.5 Å². The molecule has 1 unspecified atom stereocenters. The van der Waals surface area contributed by atoms with Gasteiger partial charge in [0.05, 0.1) is 12.0 Å². The minimum atomic E-state index is -0.186. The van der Waals surface area contributed by atoms with E-state index in [1.54, 1.807) is 32.3 Å². The van der Waals surface area contributed by atoms with Crippen LogP contribution in [-0.4, -0.2) is 29.4 Å². The van der Waals surface area contributed by atoms with Crippen LogP contribution < -0.4 is 0 Å². The van der Waals surface area contributed by atoms with Gasteiger partial charge in [0.2, 0.25) is 0 Å². The Bertz CT molecular complexity index is 427. The molecule has 5 heteroatoms. The maximum atomic E-state index is 11.9. The number of carbonyl (C=O) groups is 1. The van der Waals surface area contributed by atoms with E-state index in [9.17, 15) is 4.79 Å². The van der Waals surface area contributed by atoms with Gasteiger partial charge in [-0.05, 0) is 35.0 Å². The largest absolute Gasteiger partial charge is 0.339 e. The van der Waals surface area contributed by atoms with Crippen LogP contribution in [0, 0.1) is 17.2 Å². The number of amides is 1. The predicted molar refractivity (Wildman–Crippen MR) is 63.7 cm³/mol. The average molecular weight is 282 g/mol. The molecule has 1 heterocycles. The van der Waals surface area contributed by atoms with E-state index in [0.29, 0.717) is 16.7 Å². The Balaban J connectivity index is 2.80. The molecule has 0 N–H and O–H groups in total. The second-order valence-electron chi connectivity index (χ2n) is 3.55. The summed E-state index contributed by atoms with van der Waals surface area (Å²) in [5.41, 5.74) is 0.370. The summed E-state index contributed by atoms with van der Waals surface area (Å²) in [7, 11) is 1.66. The van der Waals surface area contributed by atoms with Crippen LogP contribution >= 0.6 is 15.9 Å². The van der Waals surface area contributed by atoms with Crippen molar-refractivity contribution in [1.29, 1.82) is 5.26 Å². The summed E-state index contributed by atoms with van der Waals surface area (Å²) >= 11 is 3.27. The van der Waals surface area contributed by atoms with Crippen LogP contribution in [0.15, 0.2) is 22.8 Å². The van der Waals surface area contributed by atoms with Crippen molar-refractivity contribution >= 4 is 21.8 Å². The first-order valence-electron chi connectivity index (χ1n) is 4.82. The van der Waals surface area contributed by atoms with E-state index in [4.69, 9.17) is 5.26 Å². The number of aromatic nitrogens is 1. The Kier molecular flexibility index (Phi) is 4.44. The molecule has 1 atom stereocenters. The van der Waals surface area contributed by atoms with Crippen molar-refractivity contribution in [3.63, 3.8) is 0 Å². The van der Waals surface area contributed by atoms with Gasteiger partial charge in [0.1, 0.15) is 5.69 Å². The molecule has 1 aromatic rings. The maximum Gasteiger partial charge on any atom is 0.273 e. The highest BCUT2D eigenvalue weighted by molar-refractivity contribution is 9.10. The third-order valence-electron chi connectivity index (χ3n) is 2.08. The highest BCUT2D eigenvalue weighted by atomic mass is 79.9. The Labute approximate surface area is 103 Å². The van der Waals surface area contributed by atoms with Crippen LogP contribution in [0.5, 0.6) is 0 Å². The third kappa shape index (κ3) is 3.04. The molecule has 0 saturated heterocycles. The number of hydrogen-bond acceptors (Lipinski definition) is 3. The summed E-state index contributed by atoms with van der Waals surface area (Å²) in [6.45, 7) is 2.18. The molecule has 0 aliphatic rings. The van der Waals surface area contributed by atoms with Crippen LogP contribution in [0.25, 0.3) is 0 Å². The number of carbonyl (C=O) groups excluding carboxylic acids is 1. The molecule has 0 fully saturated rings. The number of hydrogen-bond donors (Lipinski definition) is 0. The van der Waals surface area contributed by atoms with Gasteiger partial charge in [0.25, 0.3) is 5.91 Å². The van der Waals surface area contributed by atoms with Gasteiger partial charge < -0.3 is 4.90 Å². The SMILES string of the molecule is CC(C#N)CN(C)C(=O)c1ncccc1Br. The number of halogens is 1. The van der Waals surface area contributed by atoms with Gasteiger partial charge in [0, 0.05) is 24.3 Å². The molecule has 84 valence electrons. The van der Waals surface area contributed by atoms with E-state index in [-0.39, 0.29) is 11.8 Å². The van der Waals surface area contributed by atoms with Crippen molar-refractivity contribution in [1.82, 2.24) is 9.88 Å². The standard InChI is InChI=1S/C11H12BrN3O/c1-8(6-13)7-15(2)11(16)10-9(12)4-3-5-14-10/h3-5,8H,7H2,1-2H3. The molecule has 4 nitrogen and oxygen atoms in total. The molecule has 0 aliphatic carbocycles. The van der Waals surface area contributed by atoms with Gasteiger partial charge in [-0.15, -0.1) is 0 Å². The smallest absolute Gasteiger partial charge is 0.273 e. The molecular formula is C11H12BrN3O. The summed E-state index contributed by atoms with van der Waals surface area (Å²) < 4.78 is 0.663. The second-order valence-corrected chi connectivity index (χ2v) is 4.40. The average Bonchev–Trinajstić information content (AvgIpc) is 2.28. The lowest BCUT2D eigenvalue weighted by molar-refractivity contribution is 0.0778. The highest BCUT2D eigenvalue weighted by Crippen LogP contribution is 2.15. The fourth-order valence-corrected chi connectivity index (χ4v) is 1.68. The number of nitriles is 1. The lowest BCUT2D eigenvalue weighted by Crippen LogP contribution is -2.31. The summed E-state index contributed by atoms with van der Waals surface area (Å²) in [6, 6.07) is 5.61. The summed E-state index contributed by atoms with van der Waals surface area (Å²) in [5.74, 6) is -0.369. The van der Waals surface area contributed by atoms with E-state index in [1.165, 1.54) is 4.90 Å². The molecule has 0 bridgehead atoms. The molecule has 0 radical (unpaired) electrons. The van der Waals surface area contributed by atoms with Gasteiger partial charge in [-0.3, -0.25) is 4.79 Å². The zero-order chi connectivity index (χ0) is 12.1. The highest BCUT2D eigenvalue weighted by Gasteiger charge is 2.17.